The maximum atomic E-state index is 12.7. The molecule has 0 unspecified atom stereocenters. The van der Waals surface area contributed by atoms with E-state index in [1.165, 1.54) is 5.56 Å². The van der Waals surface area contributed by atoms with Gasteiger partial charge in [0, 0.05) is 48.1 Å². The monoisotopic (exact) mass is 388 g/mol. The van der Waals surface area contributed by atoms with Crippen molar-refractivity contribution in [3.8, 4) is 0 Å². The lowest BCUT2D eigenvalue weighted by Crippen LogP contribution is -2.50. The summed E-state index contributed by atoms with van der Waals surface area (Å²) >= 11 is 7.72. The summed E-state index contributed by atoms with van der Waals surface area (Å²) in [5.74, 6) is 0.926. The van der Waals surface area contributed by atoms with E-state index >= 15 is 0 Å². The molecule has 0 radical (unpaired) electrons. The largest absolute Gasteiger partial charge is 0.335 e. The van der Waals surface area contributed by atoms with Crippen molar-refractivity contribution in [3.63, 3.8) is 0 Å². The minimum Gasteiger partial charge on any atom is -0.335 e. The number of piperazine rings is 1. The van der Waals surface area contributed by atoms with Crippen LogP contribution in [0.1, 0.15) is 26.3 Å². The lowest BCUT2D eigenvalue weighted by atomic mass is 10.1. The Balaban J connectivity index is 1.59. The van der Waals surface area contributed by atoms with Gasteiger partial charge >= 0.3 is 0 Å². The van der Waals surface area contributed by atoms with Gasteiger partial charge < -0.3 is 9.80 Å². The van der Waals surface area contributed by atoms with E-state index in [0.29, 0.717) is 42.3 Å². The topological polar surface area (TPSA) is 40.6 Å². The van der Waals surface area contributed by atoms with Crippen LogP contribution < -0.4 is 0 Å². The molecule has 2 aromatic carbocycles. The fourth-order valence-electron chi connectivity index (χ4n) is 3.01. The zero-order valence-electron chi connectivity index (χ0n) is 14.7. The van der Waals surface area contributed by atoms with E-state index in [1.54, 1.807) is 40.9 Å². The predicted molar refractivity (Wildman–Crippen MR) is 107 cm³/mol. The smallest absolute Gasteiger partial charge is 0.254 e. The minimum atomic E-state index is -0.0407. The maximum absolute atomic E-state index is 12.7. The molecule has 0 saturated carbocycles. The number of hydrogen-bond donors (Lipinski definition) is 0. The lowest BCUT2D eigenvalue weighted by molar-refractivity contribution is 0.0535. The molecule has 1 fully saturated rings. The van der Waals surface area contributed by atoms with Crippen LogP contribution in [0, 0.1) is 0 Å². The molecule has 1 saturated heterocycles. The van der Waals surface area contributed by atoms with Crippen molar-refractivity contribution in [3.05, 3.63) is 70.2 Å². The molecule has 1 aliphatic rings. The summed E-state index contributed by atoms with van der Waals surface area (Å²) in [5, 5.41) is 0.551. The molecule has 136 valence electrons. The Labute approximate surface area is 163 Å². The summed E-state index contributed by atoms with van der Waals surface area (Å²) in [6.45, 7) is 2.14. The number of nitrogens with zero attached hydrogens (tertiary/aromatic N) is 2. The van der Waals surface area contributed by atoms with Crippen LogP contribution in [0.15, 0.2) is 48.5 Å². The molecule has 0 atom stereocenters. The molecule has 0 aromatic heterocycles. The number of rotatable bonds is 4. The van der Waals surface area contributed by atoms with Gasteiger partial charge in [0.2, 0.25) is 0 Å². The van der Waals surface area contributed by atoms with Crippen molar-refractivity contribution in [2.75, 3.05) is 32.4 Å². The van der Waals surface area contributed by atoms with Gasteiger partial charge in [-0.05, 0) is 42.2 Å². The van der Waals surface area contributed by atoms with E-state index in [9.17, 15) is 9.59 Å². The van der Waals surface area contributed by atoms with E-state index in [1.807, 2.05) is 29.2 Å². The molecule has 0 spiro atoms. The van der Waals surface area contributed by atoms with Crippen molar-refractivity contribution >= 4 is 35.2 Å². The summed E-state index contributed by atoms with van der Waals surface area (Å²) in [6.07, 6.45) is 2.06. The van der Waals surface area contributed by atoms with Gasteiger partial charge in [-0.15, -0.1) is 0 Å². The van der Waals surface area contributed by atoms with Crippen LogP contribution in [0.25, 0.3) is 0 Å². The van der Waals surface area contributed by atoms with Gasteiger partial charge in [-0.25, -0.2) is 0 Å². The number of halogens is 1. The Bertz CT molecular complexity index is 787. The highest BCUT2D eigenvalue weighted by Crippen LogP contribution is 2.16. The Morgan fingerprint density at radius 1 is 0.923 bits per heavy atom. The first-order valence-electron chi connectivity index (χ1n) is 8.50. The average molecular weight is 389 g/mol. The second-order valence-electron chi connectivity index (χ2n) is 6.22. The zero-order chi connectivity index (χ0) is 18.5. The van der Waals surface area contributed by atoms with Crippen LogP contribution in [0.5, 0.6) is 0 Å². The molecular weight excluding hydrogens is 368 g/mol. The molecule has 2 amide bonds. The lowest BCUT2D eigenvalue weighted by Gasteiger charge is -2.35. The van der Waals surface area contributed by atoms with Crippen LogP contribution >= 0.6 is 23.4 Å². The number of thioether (sulfide) groups is 1. The third-order valence-electron chi connectivity index (χ3n) is 4.44. The molecule has 0 aliphatic carbocycles. The molecule has 4 nitrogen and oxygen atoms in total. The van der Waals surface area contributed by atoms with Crippen LogP contribution in [0.4, 0.5) is 0 Å². The highest BCUT2D eigenvalue weighted by molar-refractivity contribution is 7.97. The van der Waals surface area contributed by atoms with Crippen molar-refractivity contribution < 1.29 is 9.59 Å². The summed E-state index contributed by atoms with van der Waals surface area (Å²) in [7, 11) is 0. The molecule has 0 N–H and O–H groups in total. The normalized spacial score (nSPS) is 14.4. The van der Waals surface area contributed by atoms with Crippen molar-refractivity contribution in [2.45, 2.75) is 5.75 Å². The standard InChI is InChI=1S/C20H21ClN2O2S/c1-26-14-15-5-7-16(8-6-15)19(24)22-9-11-23(12-10-22)20(25)17-3-2-4-18(21)13-17/h2-8,13H,9-12,14H2,1H3. The Morgan fingerprint density at radius 2 is 1.50 bits per heavy atom. The Hall–Kier alpha value is -1.98. The first-order chi connectivity index (χ1) is 12.6. The highest BCUT2D eigenvalue weighted by Gasteiger charge is 2.25. The molecule has 1 aliphatic heterocycles. The number of carbonyl (C=O) groups excluding carboxylic acids is 2. The molecule has 2 aromatic rings. The van der Waals surface area contributed by atoms with Crippen molar-refractivity contribution in [2.24, 2.45) is 0 Å². The van der Waals surface area contributed by atoms with E-state index in [0.717, 1.165) is 5.75 Å². The van der Waals surface area contributed by atoms with E-state index in [-0.39, 0.29) is 11.8 Å². The molecule has 1 heterocycles. The molecule has 6 heteroatoms. The quantitative estimate of drug-likeness (QED) is 0.799. The summed E-state index contributed by atoms with van der Waals surface area (Å²) in [5.41, 5.74) is 2.50. The van der Waals surface area contributed by atoms with Gasteiger partial charge in [0.1, 0.15) is 0 Å². The van der Waals surface area contributed by atoms with Crippen LogP contribution in [0.3, 0.4) is 0 Å². The number of benzene rings is 2. The fourth-order valence-corrected chi connectivity index (χ4v) is 3.73. The van der Waals surface area contributed by atoms with Crippen molar-refractivity contribution in [1.29, 1.82) is 0 Å². The van der Waals surface area contributed by atoms with Crippen LogP contribution in [0.2, 0.25) is 5.02 Å². The van der Waals surface area contributed by atoms with Gasteiger partial charge in [-0.3, -0.25) is 9.59 Å². The average Bonchev–Trinajstić information content (AvgIpc) is 2.68. The molecular formula is C20H21ClN2O2S. The molecule has 26 heavy (non-hydrogen) atoms. The summed E-state index contributed by atoms with van der Waals surface area (Å²) in [6, 6.07) is 14.7. The second-order valence-corrected chi connectivity index (χ2v) is 7.53. The van der Waals surface area contributed by atoms with Gasteiger partial charge in [0.15, 0.2) is 0 Å². The number of hydrogen-bond acceptors (Lipinski definition) is 3. The SMILES string of the molecule is CSCc1ccc(C(=O)N2CCN(C(=O)c3cccc(Cl)c3)CC2)cc1. The van der Waals surface area contributed by atoms with Crippen LogP contribution in [-0.4, -0.2) is 54.0 Å². The van der Waals surface area contributed by atoms with Gasteiger partial charge in [0.05, 0.1) is 0 Å². The first kappa shape index (κ1) is 18.8. The number of carbonyl (C=O) groups is 2. The van der Waals surface area contributed by atoms with E-state index in [4.69, 9.17) is 11.6 Å². The minimum absolute atomic E-state index is 0.0237. The maximum Gasteiger partial charge on any atom is 0.254 e. The third kappa shape index (κ3) is 4.40. The van der Waals surface area contributed by atoms with Gasteiger partial charge in [-0.1, -0.05) is 29.8 Å². The summed E-state index contributed by atoms with van der Waals surface area (Å²) in [4.78, 5) is 28.8. The Morgan fingerprint density at radius 3 is 2.04 bits per heavy atom. The first-order valence-corrected chi connectivity index (χ1v) is 10.3. The fraction of sp³-hybridized carbons (Fsp3) is 0.300. The Kier molecular flexibility index (Phi) is 6.22. The zero-order valence-corrected chi connectivity index (χ0v) is 16.2. The number of amides is 2. The van der Waals surface area contributed by atoms with Crippen LogP contribution in [-0.2, 0) is 5.75 Å². The summed E-state index contributed by atoms with van der Waals surface area (Å²) < 4.78 is 0. The van der Waals surface area contributed by atoms with E-state index in [2.05, 4.69) is 6.26 Å². The molecule has 3 rings (SSSR count). The van der Waals surface area contributed by atoms with Crippen molar-refractivity contribution in [1.82, 2.24) is 9.80 Å². The van der Waals surface area contributed by atoms with Gasteiger partial charge in [0.25, 0.3) is 11.8 Å². The third-order valence-corrected chi connectivity index (χ3v) is 5.29. The predicted octanol–water partition coefficient (Wildman–Crippen LogP) is 3.80. The highest BCUT2D eigenvalue weighted by atomic mass is 35.5. The molecule has 0 bridgehead atoms. The van der Waals surface area contributed by atoms with Gasteiger partial charge in [-0.2, -0.15) is 11.8 Å². The van der Waals surface area contributed by atoms with E-state index < -0.39 is 0 Å². The second kappa shape index (κ2) is 8.60.